The Morgan fingerprint density at radius 2 is 2.07 bits per heavy atom. The Bertz CT molecular complexity index is 324. The molecular formula is C13H19N2+. The maximum Gasteiger partial charge on any atom is 0.122 e. The van der Waals surface area contributed by atoms with E-state index in [-0.39, 0.29) is 0 Å². The molecular weight excluding hydrogens is 184 g/mol. The Morgan fingerprint density at radius 1 is 1.20 bits per heavy atom. The van der Waals surface area contributed by atoms with Gasteiger partial charge in [0, 0.05) is 24.8 Å². The number of nitrogens with one attached hydrogen (secondary N) is 1. The quantitative estimate of drug-likeness (QED) is 0.726. The molecule has 2 nitrogen and oxygen atoms in total. The molecule has 0 radical (unpaired) electrons. The van der Waals surface area contributed by atoms with Crippen molar-refractivity contribution in [3.63, 3.8) is 0 Å². The van der Waals surface area contributed by atoms with Crippen molar-refractivity contribution in [2.75, 3.05) is 13.1 Å². The first kappa shape index (κ1) is 9.37. The Hall–Kier alpha value is -0.860. The van der Waals surface area contributed by atoms with Crippen LogP contribution >= 0.6 is 0 Å². The van der Waals surface area contributed by atoms with Gasteiger partial charge in [0.1, 0.15) is 12.6 Å². The Morgan fingerprint density at radius 3 is 2.93 bits per heavy atom. The summed E-state index contributed by atoms with van der Waals surface area (Å²) in [7, 11) is 0. The summed E-state index contributed by atoms with van der Waals surface area (Å²) in [5, 5.41) is 0. The molecule has 2 atom stereocenters. The predicted molar refractivity (Wildman–Crippen MR) is 60.9 cm³/mol. The van der Waals surface area contributed by atoms with Crippen LogP contribution in [0.1, 0.15) is 24.8 Å². The minimum absolute atomic E-state index is 0.880. The minimum atomic E-state index is 0.880. The van der Waals surface area contributed by atoms with Gasteiger partial charge in [-0.25, -0.2) is 4.59 Å². The lowest BCUT2D eigenvalue weighted by atomic mass is 10.1. The highest BCUT2D eigenvalue weighted by Crippen LogP contribution is 2.32. The van der Waals surface area contributed by atoms with Crippen molar-refractivity contribution in [2.24, 2.45) is 0 Å². The second kappa shape index (κ2) is 3.62. The van der Waals surface area contributed by atoms with Crippen molar-refractivity contribution in [1.82, 2.24) is 5.43 Å². The SMILES string of the molecule is c1ccc(C[N+]23CCCC2CCN3)cc1. The average molecular weight is 203 g/mol. The van der Waals surface area contributed by atoms with Crippen molar-refractivity contribution >= 4 is 0 Å². The fourth-order valence-corrected chi connectivity index (χ4v) is 3.27. The van der Waals surface area contributed by atoms with E-state index in [2.05, 4.69) is 35.8 Å². The normalized spacial score (nSPS) is 34.3. The highest BCUT2D eigenvalue weighted by atomic mass is 15.7. The predicted octanol–water partition coefficient (Wildman–Crippen LogP) is 2.07. The second-order valence-electron chi connectivity index (χ2n) is 4.89. The summed E-state index contributed by atoms with van der Waals surface area (Å²) >= 11 is 0. The summed E-state index contributed by atoms with van der Waals surface area (Å²) in [6, 6.07) is 11.8. The number of fused-ring (bicyclic) bond motifs is 1. The van der Waals surface area contributed by atoms with Gasteiger partial charge >= 0.3 is 0 Å². The fourth-order valence-electron chi connectivity index (χ4n) is 3.27. The number of quaternary nitrogens is 1. The summed E-state index contributed by atoms with van der Waals surface area (Å²) in [6.45, 7) is 3.70. The molecule has 3 rings (SSSR count). The molecule has 0 aromatic heterocycles. The fraction of sp³-hybridized carbons (Fsp3) is 0.538. The first-order valence-electron chi connectivity index (χ1n) is 6.05. The van der Waals surface area contributed by atoms with E-state index in [0.29, 0.717) is 0 Å². The monoisotopic (exact) mass is 203 g/mol. The van der Waals surface area contributed by atoms with Gasteiger partial charge in [0.25, 0.3) is 0 Å². The maximum atomic E-state index is 3.72. The third-order valence-corrected chi connectivity index (χ3v) is 4.01. The number of hydrogen-bond donors (Lipinski definition) is 1. The molecule has 1 N–H and O–H groups in total. The molecule has 0 saturated carbocycles. The summed E-state index contributed by atoms with van der Waals surface area (Å²) < 4.78 is 1.16. The Kier molecular flexibility index (Phi) is 2.26. The minimum Gasteiger partial charge on any atom is -0.239 e. The van der Waals surface area contributed by atoms with Crippen molar-refractivity contribution < 1.29 is 4.59 Å². The van der Waals surface area contributed by atoms with Crippen LogP contribution in [0.25, 0.3) is 0 Å². The van der Waals surface area contributed by atoms with Gasteiger partial charge in [-0.1, -0.05) is 30.3 Å². The zero-order valence-electron chi connectivity index (χ0n) is 9.15. The zero-order valence-corrected chi connectivity index (χ0v) is 9.15. The summed E-state index contributed by atoms with van der Waals surface area (Å²) in [5.41, 5.74) is 5.19. The van der Waals surface area contributed by atoms with Crippen LogP contribution in [0, 0.1) is 0 Å². The molecule has 2 saturated heterocycles. The van der Waals surface area contributed by atoms with E-state index in [4.69, 9.17) is 0 Å². The molecule has 2 fully saturated rings. The molecule has 0 bridgehead atoms. The zero-order chi connectivity index (χ0) is 10.1. The van der Waals surface area contributed by atoms with E-state index in [1.165, 1.54) is 44.5 Å². The van der Waals surface area contributed by atoms with E-state index in [9.17, 15) is 0 Å². The van der Waals surface area contributed by atoms with Gasteiger partial charge in [-0.15, -0.1) is 0 Å². The molecule has 2 heterocycles. The van der Waals surface area contributed by atoms with E-state index < -0.39 is 0 Å². The molecule has 2 aliphatic heterocycles. The molecule has 0 aliphatic carbocycles. The maximum absolute atomic E-state index is 3.72. The van der Waals surface area contributed by atoms with Crippen LogP contribution in [0.15, 0.2) is 30.3 Å². The lowest BCUT2D eigenvalue weighted by Crippen LogP contribution is -2.54. The van der Waals surface area contributed by atoms with Crippen LogP contribution in [-0.2, 0) is 6.54 Å². The van der Waals surface area contributed by atoms with E-state index in [1.54, 1.807) is 0 Å². The summed E-state index contributed by atoms with van der Waals surface area (Å²) in [6.07, 6.45) is 4.18. The lowest BCUT2D eigenvalue weighted by molar-refractivity contribution is -0.980. The smallest absolute Gasteiger partial charge is 0.122 e. The Balaban J connectivity index is 1.82. The number of nitrogens with zero attached hydrogens (tertiary/aromatic N) is 1. The first-order valence-corrected chi connectivity index (χ1v) is 6.05. The van der Waals surface area contributed by atoms with Gasteiger partial charge in [-0.2, -0.15) is 5.43 Å². The van der Waals surface area contributed by atoms with Crippen LogP contribution in [0.3, 0.4) is 0 Å². The summed E-state index contributed by atoms with van der Waals surface area (Å²) in [5.74, 6) is 0. The molecule has 80 valence electrons. The third kappa shape index (κ3) is 1.58. The van der Waals surface area contributed by atoms with Crippen LogP contribution in [0.5, 0.6) is 0 Å². The largest absolute Gasteiger partial charge is 0.239 e. The van der Waals surface area contributed by atoms with Crippen molar-refractivity contribution in [2.45, 2.75) is 31.8 Å². The molecule has 2 aliphatic rings. The van der Waals surface area contributed by atoms with Gasteiger partial charge in [0.2, 0.25) is 0 Å². The number of hydrogen-bond acceptors (Lipinski definition) is 1. The van der Waals surface area contributed by atoms with Gasteiger partial charge < -0.3 is 0 Å². The van der Waals surface area contributed by atoms with Crippen molar-refractivity contribution in [1.29, 1.82) is 0 Å². The molecule has 15 heavy (non-hydrogen) atoms. The highest BCUT2D eigenvalue weighted by Gasteiger charge is 2.45. The van der Waals surface area contributed by atoms with Crippen LogP contribution in [0.4, 0.5) is 0 Å². The molecule has 0 amide bonds. The molecule has 2 heteroatoms. The van der Waals surface area contributed by atoms with Crippen molar-refractivity contribution in [3.8, 4) is 0 Å². The topological polar surface area (TPSA) is 12.0 Å². The van der Waals surface area contributed by atoms with Crippen LogP contribution in [0.2, 0.25) is 0 Å². The van der Waals surface area contributed by atoms with Gasteiger partial charge in [-0.3, -0.25) is 0 Å². The van der Waals surface area contributed by atoms with Gasteiger partial charge in [0.15, 0.2) is 0 Å². The summed E-state index contributed by atoms with van der Waals surface area (Å²) in [4.78, 5) is 0. The highest BCUT2D eigenvalue weighted by molar-refractivity contribution is 5.13. The molecule has 0 spiro atoms. The van der Waals surface area contributed by atoms with Gasteiger partial charge in [-0.05, 0) is 0 Å². The van der Waals surface area contributed by atoms with Gasteiger partial charge in [0.05, 0.1) is 13.1 Å². The lowest BCUT2D eigenvalue weighted by Gasteiger charge is -2.33. The number of benzene rings is 1. The van der Waals surface area contributed by atoms with Crippen molar-refractivity contribution in [3.05, 3.63) is 35.9 Å². The molecule has 1 aromatic carbocycles. The molecule has 2 unspecified atom stereocenters. The number of rotatable bonds is 2. The molecule has 1 aromatic rings. The average Bonchev–Trinajstić information content (AvgIpc) is 2.78. The van der Waals surface area contributed by atoms with E-state index in [0.717, 1.165) is 10.6 Å². The second-order valence-corrected chi connectivity index (χ2v) is 4.89. The van der Waals surface area contributed by atoms with Crippen LogP contribution < -0.4 is 5.43 Å². The third-order valence-electron chi connectivity index (χ3n) is 4.01. The van der Waals surface area contributed by atoms with E-state index in [1.807, 2.05) is 0 Å². The Labute approximate surface area is 91.5 Å². The first-order chi connectivity index (χ1) is 7.39. The standard InChI is InChI=1S/C13H19N2/c1-2-5-12(6-3-1)11-15-10-4-7-13(15)8-9-14-15/h1-3,5-6,13-14H,4,7-11H2/q+1. The van der Waals surface area contributed by atoms with Crippen LogP contribution in [-0.4, -0.2) is 23.7 Å². The van der Waals surface area contributed by atoms with E-state index >= 15 is 0 Å².